The molecule has 0 radical (unpaired) electrons. The first-order valence-corrected chi connectivity index (χ1v) is 7.40. The first-order chi connectivity index (χ1) is 10.3. The van der Waals surface area contributed by atoms with Crippen molar-refractivity contribution in [3.05, 3.63) is 42.2 Å². The number of nitrogens with zero attached hydrogens (tertiary/aromatic N) is 2. The van der Waals surface area contributed by atoms with Gasteiger partial charge in [0.1, 0.15) is 13.2 Å². The molecule has 0 spiro atoms. The SMILES string of the molecule is C[C@H](CCn1cccn1)NCc1ccc2c(c1)OCCO2. The molecule has 1 aromatic carbocycles. The third-order valence-electron chi connectivity index (χ3n) is 3.61. The first kappa shape index (κ1) is 13.9. The van der Waals surface area contributed by atoms with Crippen LogP contribution in [0.1, 0.15) is 18.9 Å². The molecule has 0 amide bonds. The van der Waals surface area contributed by atoms with Crippen molar-refractivity contribution in [2.45, 2.75) is 32.5 Å². The number of aryl methyl sites for hydroxylation is 1. The highest BCUT2D eigenvalue weighted by Crippen LogP contribution is 2.30. The monoisotopic (exact) mass is 287 g/mol. The van der Waals surface area contributed by atoms with Gasteiger partial charge in [0.25, 0.3) is 0 Å². The van der Waals surface area contributed by atoms with Crippen LogP contribution in [0.3, 0.4) is 0 Å². The van der Waals surface area contributed by atoms with Gasteiger partial charge in [0, 0.05) is 31.5 Å². The zero-order chi connectivity index (χ0) is 14.5. The molecule has 112 valence electrons. The predicted octanol–water partition coefficient (Wildman–Crippen LogP) is 2.22. The van der Waals surface area contributed by atoms with Crippen LogP contribution in [-0.2, 0) is 13.1 Å². The summed E-state index contributed by atoms with van der Waals surface area (Å²) in [5.74, 6) is 1.70. The lowest BCUT2D eigenvalue weighted by atomic mass is 10.1. The molecular formula is C16H21N3O2. The van der Waals surface area contributed by atoms with Crippen LogP contribution in [-0.4, -0.2) is 29.0 Å². The molecule has 1 aliphatic heterocycles. The van der Waals surface area contributed by atoms with E-state index in [9.17, 15) is 0 Å². The molecule has 0 bridgehead atoms. The fraction of sp³-hybridized carbons (Fsp3) is 0.438. The second-order valence-electron chi connectivity index (χ2n) is 5.32. The number of rotatable bonds is 6. The zero-order valence-corrected chi connectivity index (χ0v) is 12.3. The number of hydrogen-bond acceptors (Lipinski definition) is 4. The minimum atomic E-state index is 0.433. The van der Waals surface area contributed by atoms with Crippen LogP contribution in [0.15, 0.2) is 36.7 Å². The maximum absolute atomic E-state index is 5.60. The van der Waals surface area contributed by atoms with Gasteiger partial charge in [-0.1, -0.05) is 6.07 Å². The molecule has 1 N–H and O–H groups in total. The van der Waals surface area contributed by atoms with Crippen molar-refractivity contribution < 1.29 is 9.47 Å². The molecule has 21 heavy (non-hydrogen) atoms. The highest BCUT2D eigenvalue weighted by molar-refractivity contribution is 5.43. The van der Waals surface area contributed by atoms with Crippen LogP contribution in [0.5, 0.6) is 11.5 Å². The summed E-state index contributed by atoms with van der Waals surface area (Å²) >= 11 is 0. The average Bonchev–Trinajstić information content (AvgIpc) is 3.04. The molecule has 3 rings (SSSR count). The molecule has 0 unspecified atom stereocenters. The predicted molar refractivity (Wildman–Crippen MR) is 80.6 cm³/mol. The highest BCUT2D eigenvalue weighted by atomic mass is 16.6. The number of hydrogen-bond donors (Lipinski definition) is 1. The Hall–Kier alpha value is -2.01. The smallest absolute Gasteiger partial charge is 0.161 e. The van der Waals surface area contributed by atoms with Gasteiger partial charge in [-0.15, -0.1) is 0 Å². The van der Waals surface area contributed by atoms with Crippen molar-refractivity contribution in [1.29, 1.82) is 0 Å². The van der Waals surface area contributed by atoms with E-state index in [4.69, 9.17) is 9.47 Å². The lowest BCUT2D eigenvalue weighted by molar-refractivity contribution is 0.171. The van der Waals surface area contributed by atoms with Crippen LogP contribution in [0.25, 0.3) is 0 Å². The molecule has 2 aromatic rings. The number of ether oxygens (including phenoxy) is 2. The Morgan fingerprint density at radius 3 is 2.95 bits per heavy atom. The largest absolute Gasteiger partial charge is 0.486 e. The van der Waals surface area contributed by atoms with E-state index < -0.39 is 0 Å². The second-order valence-corrected chi connectivity index (χ2v) is 5.32. The summed E-state index contributed by atoms with van der Waals surface area (Å²) in [5, 5.41) is 7.74. The number of fused-ring (bicyclic) bond motifs is 1. The molecule has 1 aliphatic rings. The standard InChI is InChI=1S/C16H21N3O2/c1-13(5-8-19-7-2-6-18-19)17-12-14-3-4-15-16(11-14)21-10-9-20-15/h2-4,6-7,11,13,17H,5,8-10,12H2,1H3/t13-/m1/s1. The van der Waals surface area contributed by atoms with Crippen molar-refractivity contribution in [2.24, 2.45) is 0 Å². The van der Waals surface area contributed by atoms with Crippen LogP contribution >= 0.6 is 0 Å². The Kier molecular flexibility index (Phi) is 4.40. The lowest BCUT2D eigenvalue weighted by Crippen LogP contribution is -2.27. The Bertz CT molecular complexity index is 569. The van der Waals surface area contributed by atoms with Gasteiger partial charge in [-0.3, -0.25) is 4.68 Å². The Morgan fingerprint density at radius 1 is 1.29 bits per heavy atom. The van der Waals surface area contributed by atoms with E-state index in [1.165, 1.54) is 5.56 Å². The van der Waals surface area contributed by atoms with Gasteiger partial charge in [0.15, 0.2) is 11.5 Å². The summed E-state index contributed by atoms with van der Waals surface area (Å²) in [6, 6.07) is 8.51. The molecule has 0 fully saturated rings. The fourth-order valence-electron chi connectivity index (χ4n) is 2.35. The van der Waals surface area contributed by atoms with Gasteiger partial charge < -0.3 is 14.8 Å². The molecule has 0 aliphatic carbocycles. The maximum atomic E-state index is 5.60. The van der Waals surface area contributed by atoms with E-state index in [0.717, 1.165) is 31.0 Å². The van der Waals surface area contributed by atoms with E-state index in [-0.39, 0.29) is 0 Å². The van der Waals surface area contributed by atoms with E-state index >= 15 is 0 Å². The molecule has 5 nitrogen and oxygen atoms in total. The second kappa shape index (κ2) is 6.63. The molecule has 0 saturated carbocycles. The molecule has 2 heterocycles. The first-order valence-electron chi connectivity index (χ1n) is 7.40. The van der Waals surface area contributed by atoms with Gasteiger partial charge in [-0.05, 0) is 37.1 Å². The van der Waals surface area contributed by atoms with E-state index in [1.54, 1.807) is 0 Å². The molecule has 0 saturated heterocycles. The van der Waals surface area contributed by atoms with E-state index in [1.807, 2.05) is 29.2 Å². The topological polar surface area (TPSA) is 48.3 Å². The summed E-state index contributed by atoms with van der Waals surface area (Å²) in [6.07, 6.45) is 4.85. The third-order valence-corrected chi connectivity index (χ3v) is 3.61. The van der Waals surface area contributed by atoms with Crippen LogP contribution < -0.4 is 14.8 Å². The Morgan fingerprint density at radius 2 is 2.14 bits per heavy atom. The molecule has 5 heteroatoms. The third kappa shape index (κ3) is 3.76. The lowest BCUT2D eigenvalue weighted by Gasteiger charge is -2.19. The van der Waals surface area contributed by atoms with E-state index in [0.29, 0.717) is 19.3 Å². The summed E-state index contributed by atoms with van der Waals surface area (Å²) in [5.41, 5.74) is 1.21. The van der Waals surface area contributed by atoms with E-state index in [2.05, 4.69) is 29.5 Å². The van der Waals surface area contributed by atoms with Crippen molar-refractivity contribution in [3.8, 4) is 11.5 Å². The highest BCUT2D eigenvalue weighted by Gasteiger charge is 2.11. The van der Waals surface area contributed by atoms with Crippen LogP contribution in [0.4, 0.5) is 0 Å². The quantitative estimate of drug-likeness (QED) is 0.885. The van der Waals surface area contributed by atoms with Gasteiger partial charge in [-0.25, -0.2) is 0 Å². The summed E-state index contributed by atoms with van der Waals surface area (Å²) in [6.45, 7) is 5.22. The Labute approximate surface area is 124 Å². The van der Waals surface area contributed by atoms with Crippen molar-refractivity contribution in [2.75, 3.05) is 13.2 Å². The fourth-order valence-corrected chi connectivity index (χ4v) is 2.35. The van der Waals surface area contributed by atoms with Crippen molar-refractivity contribution in [3.63, 3.8) is 0 Å². The number of benzene rings is 1. The van der Waals surface area contributed by atoms with Crippen LogP contribution in [0, 0.1) is 0 Å². The summed E-state index contributed by atoms with van der Waals surface area (Å²) < 4.78 is 13.1. The minimum Gasteiger partial charge on any atom is -0.486 e. The normalized spacial score (nSPS) is 14.9. The minimum absolute atomic E-state index is 0.433. The Balaban J connectivity index is 1.48. The maximum Gasteiger partial charge on any atom is 0.161 e. The van der Waals surface area contributed by atoms with Gasteiger partial charge in [-0.2, -0.15) is 5.10 Å². The molecular weight excluding hydrogens is 266 g/mol. The van der Waals surface area contributed by atoms with Gasteiger partial charge in [0.2, 0.25) is 0 Å². The molecule has 1 atom stereocenters. The van der Waals surface area contributed by atoms with Gasteiger partial charge in [0.05, 0.1) is 0 Å². The van der Waals surface area contributed by atoms with Gasteiger partial charge >= 0.3 is 0 Å². The summed E-state index contributed by atoms with van der Waals surface area (Å²) in [7, 11) is 0. The van der Waals surface area contributed by atoms with Crippen molar-refractivity contribution >= 4 is 0 Å². The number of nitrogens with one attached hydrogen (secondary N) is 1. The van der Waals surface area contributed by atoms with Crippen molar-refractivity contribution in [1.82, 2.24) is 15.1 Å². The van der Waals surface area contributed by atoms with Crippen LogP contribution in [0.2, 0.25) is 0 Å². The zero-order valence-electron chi connectivity index (χ0n) is 12.3. The number of aromatic nitrogens is 2. The average molecular weight is 287 g/mol. The summed E-state index contributed by atoms with van der Waals surface area (Å²) in [4.78, 5) is 0. The molecule has 1 aromatic heterocycles.